The van der Waals surface area contributed by atoms with Crippen molar-refractivity contribution in [2.24, 2.45) is 5.92 Å². The van der Waals surface area contributed by atoms with Crippen molar-refractivity contribution in [3.8, 4) is 0 Å². The summed E-state index contributed by atoms with van der Waals surface area (Å²) in [6, 6.07) is 14.9. The molecule has 1 aliphatic heterocycles. The minimum atomic E-state index is -0.337. The first-order valence-electron chi connectivity index (χ1n) is 12.4. The molecule has 0 spiro atoms. The normalized spacial score (nSPS) is 15.4. The number of rotatable bonds is 9. The Labute approximate surface area is 215 Å². The molecule has 9 heteroatoms. The first kappa shape index (κ1) is 25.5. The second kappa shape index (κ2) is 11.4. The van der Waals surface area contributed by atoms with Crippen LogP contribution < -0.4 is 15.5 Å². The molecule has 2 heterocycles. The van der Waals surface area contributed by atoms with Crippen LogP contribution in [0.2, 0.25) is 0 Å². The summed E-state index contributed by atoms with van der Waals surface area (Å²) in [5.41, 5.74) is 3.10. The van der Waals surface area contributed by atoms with Crippen LogP contribution in [-0.2, 0) is 16.0 Å². The van der Waals surface area contributed by atoms with E-state index in [2.05, 4.69) is 27.8 Å². The molecule has 1 aliphatic rings. The molecule has 0 radical (unpaired) electrons. The second-order valence-electron chi connectivity index (χ2n) is 8.91. The molecule has 4 rings (SSSR count). The van der Waals surface area contributed by atoms with Gasteiger partial charge in [0.05, 0.1) is 0 Å². The molecule has 8 nitrogen and oxygen atoms in total. The number of hydrogen-bond acceptors (Lipinski definition) is 6. The van der Waals surface area contributed by atoms with Crippen molar-refractivity contribution in [2.75, 3.05) is 22.1 Å². The van der Waals surface area contributed by atoms with Crippen LogP contribution >= 0.6 is 11.3 Å². The second-order valence-corrected chi connectivity index (χ2v) is 9.92. The fraction of sp³-hybridized carbons (Fsp3) is 0.370. The van der Waals surface area contributed by atoms with Gasteiger partial charge in [0.2, 0.25) is 16.9 Å². The number of amides is 3. The van der Waals surface area contributed by atoms with Gasteiger partial charge in [0.15, 0.2) is 0 Å². The smallest absolute Gasteiger partial charge is 0.257 e. The first-order chi connectivity index (χ1) is 17.4. The molecule has 188 valence electrons. The molecule has 0 saturated carbocycles. The van der Waals surface area contributed by atoms with Crippen LogP contribution in [0.3, 0.4) is 0 Å². The van der Waals surface area contributed by atoms with Gasteiger partial charge < -0.3 is 10.2 Å². The van der Waals surface area contributed by atoms with Crippen LogP contribution in [0.5, 0.6) is 0 Å². The molecular weight excluding hydrogens is 474 g/mol. The van der Waals surface area contributed by atoms with Gasteiger partial charge in [-0.1, -0.05) is 50.3 Å². The van der Waals surface area contributed by atoms with E-state index in [-0.39, 0.29) is 29.6 Å². The number of anilines is 3. The third kappa shape index (κ3) is 5.79. The lowest BCUT2D eigenvalue weighted by Gasteiger charge is -2.16. The summed E-state index contributed by atoms with van der Waals surface area (Å²) >= 11 is 1.28. The molecule has 1 atom stereocenters. The Morgan fingerprint density at radius 2 is 1.81 bits per heavy atom. The third-order valence-electron chi connectivity index (χ3n) is 6.54. The molecule has 0 bridgehead atoms. The minimum Gasteiger partial charge on any atom is -0.326 e. The van der Waals surface area contributed by atoms with E-state index in [0.717, 1.165) is 30.0 Å². The highest BCUT2D eigenvalue weighted by Gasteiger charge is 2.34. The highest BCUT2D eigenvalue weighted by atomic mass is 32.1. The SMILES string of the molecule is CCc1ccc(N2CC(c3nnc(NC(=O)c4cccc(NC(=O)C(CC)CC)c4)s3)CC2=O)cc1. The molecule has 36 heavy (non-hydrogen) atoms. The maximum atomic E-state index is 12.8. The zero-order valence-electron chi connectivity index (χ0n) is 20.8. The molecule has 1 saturated heterocycles. The van der Waals surface area contributed by atoms with Gasteiger partial charge in [-0.2, -0.15) is 0 Å². The van der Waals surface area contributed by atoms with Crippen LogP contribution in [0.4, 0.5) is 16.5 Å². The predicted octanol–water partition coefficient (Wildman–Crippen LogP) is 5.25. The summed E-state index contributed by atoms with van der Waals surface area (Å²) in [5.74, 6) is -0.465. The van der Waals surface area contributed by atoms with Gasteiger partial charge in [-0.05, 0) is 55.2 Å². The Hall–Kier alpha value is -3.59. The van der Waals surface area contributed by atoms with Crippen molar-refractivity contribution in [3.05, 3.63) is 64.7 Å². The van der Waals surface area contributed by atoms with Crippen molar-refractivity contribution < 1.29 is 14.4 Å². The number of carbonyl (C=O) groups excluding carboxylic acids is 3. The Morgan fingerprint density at radius 1 is 1.06 bits per heavy atom. The quantitative estimate of drug-likeness (QED) is 0.413. The molecule has 1 aromatic heterocycles. The Kier molecular flexibility index (Phi) is 8.10. The van der Waals surface area contributed by atoms with Crippen molar-refractivity contribution in [1.29, 1.82) is 0 Å². The Bertz CT molecular complexity index is 1240. The molecule has 2 aromatic carbocycles. The van der Waals surface area contributed by atoms with Crippen molar-refractivity contribution in [1.82, 2.24) is 10.2 Å². The van der Waals surface area contributed by atoms with Crippen molar-refractivity contribution in [3.63, 3.8) is 0 Å². The van der Waals surface area contributed by atoms with E-state index in [1.165, 1.54) is 16.9 Å². The molecule has 1 unspecified atom stereocenters. The average Bonchev–Trinajstić information content (AvgIpc) is 3.51. The summed E-state index contributed by atoms with van der Waals surface area (Å²) in [7, 11) is 0. The lowest BCUT2D eigenvalue weighted by molar-refractivity contribution is -0.120. The van der Waals surface area contributed by atoms with Crippen molar-refractivity contribution >= 4 is 45.6 Å². The summed E-state index contributed by atoms with van der Waals surface area (Å²) in [6.07, 6.45) is 2.83. The summed E-state index contributed by atoms with van der Waals surface area (Å²) in [6.45, 7) is 6.60. The highest BCUT2D eigenvalue weighted by Crippen LogP contribution is 2.34. The van der Waals surface area contributed by atoms with Gasteiger partial charge >= 0.3 is 0 Å². The van der Waals surface area contributed by atoms with Crippen LogP contribution in [0.1, 0.15) is 66.9 Å². The third-order valence-corrected chi connectivity index (χ3v) is 7.54. The Balaban J connectivity index is 1.39. The standard InChI is InChI=1S/C27H31N5O3S/c1-4-17-10-12-22(13-11-17)32-16-20(15-23(32)33)26-30-31-27(36-26)29-25(35)19-8-7-9-21(14-19)28-24(34)18(5-2)6-3/h7-14,18,20H,4-6,15-16H2,1-3H3,(H,28,34)(H,29,31,35). The minimum absolute atomic E-state index is 0.0483. The van der Waals surface area contributed by atoms with E-state index in [0.29, 0.717) is 29.3 Å². The molecular formula is C27H31N5O3S. The fourth-order valence-electron chi connectivity index (χ4n) is 4.30. The predicted molar refractivity (Wildman–Crippen MR) is 143 cm³/mol. The zero-order valence-corrected chi connectivity index (χ0v) is 21.6. The Morgan fingerprint density at radius 3 is 2.50 bits per heavy atom. The summed E-state index contributed by atoms with van der Waals surface area (Å²) < 4.78 is 0. The van der Waals surface area contributed by atoms with Crippen LogP contribution in [0.25, 0.3) is 0 Å². The van der Waals surface area contributed by atoms with Crippen LogP contribution in [0.15, 0.2) is 48.5 Å². The molecule has 0 aliphatic carbocycles. The van der Waals surface area contributed by atoms with E-state index in [1.54, 1.807) is 29.2 Å². The van der Waals surface area contributed by atoms with Gasteiger partial charge in [0.25, 0.3) is 5.91 Å². The van der Waals surface area contributed by atoms with Crippen LogP contribution in [0, 0.1) is 5.92 Å². The number of aryl methyl sites for hydroxylation is 1. The van der Waals surface area contributed by atoms with Gasteiger partial charge in [-0.25, -0.2) is 0 Å². The van der Waals surface area contributed by atoms with E-state index in [9.17, 15) is 14.4 Å². The largest absolute Gasteiger partial charge is 0.326 e. The van der Waals surface area contributed by atoms with Crippen LogP contribution in [-0.4, -0.2) is 34.5 Å². The van der Waals surface area contributed by atoms with Gasteiger partial charge in [0, 0.05) is 41.7 Å². The maximum absolute atomic E-state index is 12.8. The number of hydrogen-bond donors (Lipinski definition) is 2. The van der Waals surface area contributed by atoms with Gasteiger partial charge in [0.1, 0.15) is 5.01 Å². The number of nitrogens with zero attached hydrogens (tertiary/aromatic N) is 3. The molecule has 1 fully saturated rings. The number of aromatic nitrogens is 2. The lowest BCUT2D eigenvalue weighted by atomic mass is 10.0. The van der Waals surface area contributed by atoms with E-state index < -0.39 is 0 Å². The van der Waals surface area contributed by atoms with E-state index in [1.807, 2.05) is 38.1 Å². The fourth-order valence-corrected chi connectivity index (χ4v) is 5.13. The van der Waals surface area contributed by atoms with E-state index in [4.69, 9.17) is 0 Å². The summed E-state index contributed by atoms with van der Waals surface area (Å²) in [4.78, 5) is 39.6. The van der Waals surface area contributed by atoms with Gasteiger partial charge in [-0.15, -0.1) is 10.2 Å². The number of carbonyl (C=O) groups is 3. The van der Waals surface area contributed by atoms with Gasteiger partial charge in [-0.3, -0.25) is 19.7 Å². The zero-order chi connectivity index (χ0) is 25.7. The number of benzene rings is 2. The number of nitrogens with one attached hydrogen (secondary N) is 2. The average molecular weight is 506 g/mol. The summed E-state index contributed by atoms with van der Waals surface area (Å²) in [5, 5.41) is 15.1. The van der Waals surface area contributed by atoms with E-state index >= 15 is 0 Å². The molecule has 2 N–H and O–H groups in total. The monoisotopic (exact) mass is 505 g/mol. The topological polar surface area (TPSA) is 104 Å². The lowest BCUT2D eigenvalue weighted by Crippen LogP contribution is -2.24. The molecule has 3 amide bonds. The first-order valence-corrected chi connectivity index (χ1v) is 13.2. The molecule has 3 aromatic rings. The van der Waals surface area contributed by atoms with Crippen molar-refractivity contribution in [2.45, 2.75) is 52.4 Å². The maximum Gasteiger partial charge on any atom is 0.257 e. The highest BCUT2D eigenvalue weighted by molar-refractivity contribution is 7.15.